The Morgan fingerprint density at radius 1 is 1.40 bits per heavy atom. The molecule has 1 fully saturated rings. The van der Waals surface area contributed by atoms with Gasteiger partial charge in [-0.2, -0.15) is 0 Å². The van der Waals surface area contributed by atoms with Gasteiger partial charge in [0.25, 0.3) is 0 Å². The van der Waals surface area contributed by atoms with Crippen molar-refractivity contribution in [3.8, 4) is 0 Å². The Kier molecular flexibility index (Phi) is 2.33. The Balaban J connectivity index is 1.90. The van der Waals surface area contributed by atoms with Gasteiger partial charge >= 0.3 is 0 Å². The van der Waals surface area contributed by atoms with Crippen molar-refractivity contribution in [1.29, 1.82) is 0 Å². The predicted molar refractivity (Wildman–Crippen MR) is 76.9 cm³/mol. The van der Waals surface area contributed by atoms with Crippen LogP contribution in [0.1, 0.15) is 16.8 Å². The van der Waals surface area contributed by atoms with Crippen molar-refractivity contribution in [2.24, 2.45) is 4.99 Å². The number of nitrogens with zero attached hydrogens (tertiary/aromatic N) is 3. The minimum Gasteiger partial charge on any atom is -0.374 e. The maximum Gasteiger partial charge on any atom is 0.204 e. The zero-order chi connectivity index (χ0) is 13.7. The summed E-state index contributed by atoms with van der Waals surface area (Å²) >= 11 is 1.56. The molecule has 0 spiro atoms. The van der Waals surface area contributed by atoms with Gasteiger partial charge in [-0.25, -0.2) is 4.99 Å². The van der Waals surface area contributed by atoms with Crippen LogP contribution in [0.3, 0.4) is 0 Å². The molecule has 100 valence electrons. The van der Waals surface area contributed by atoms with E-state index >= 15 is 0 Å². The third-order valence-corrected chi connectivity index (χ3v) is 4.63. The molecule has 2 aliphatic rings. The minimum atomic E-state index is -1.50. The van der Waals surface area contributed by atoms with Crippen LogP contribution < -0.4 is 4.90 Å². The molecule has 1 saturated heterocycles. The summed E-state index contributed by atoms with van der Waals surface area (Å²) in [5, 5.41) is 13.7. The molecule has 0 saturated carbocycles. The van der Waals surface area contributed by atoms with Crippen molar-refractivity contribution in [3.63, 3.8) is 0 Å². The van der Waals surface area contributed by atoms with Crippen LogP contribution in [0, 0.1) is 0 Å². The zero-order valence-electron chi connectivity index (χ0n) is 10.5. The highest BCUT2D eigenvalue weighted by Crippen LogP contribution is 2.39. The smallest absolute Gasteiger partial charge is 0.204 e. The number of thiophene rings is 1. The number of hydrogen-bond acceptors (Lipinski definition) is 6. The molecule has 0 amide bonds. The third-order valence-electron chi connectivity index (χ3n) is 3.74. The Morgan fingerprint density at radius 3 is 3.10 bits per heavy atom. The minimum absolute atomic E-state index is 0.279. The van der Waals surface area contributed by atoms with E-state index in [0.29, 0.717) is 30.1 Å². The summed E-state index contributed by atoms with van der Waals surface area (Å²) in [6.45, 7) is 0.586. The SMILES string of the molecule is O=C1c2ccncc2N=C2N(c3cccs3)CCC12O. The van der Waals surface area contributed by atoms with Crippen LogP contribution in [0.4, 0.5) is 10.7 Å². The molecule has 0 aliphatic carbocycles. The van der Waals surface area contributed by atoms with Crippen LogP contribution in [-0.2, 0) is 0 Å². The van der Waals surface area contributed by atoms with Crippen LogP contribution in [-0.4, -0.2) is 33.9 Å². The second kappa shape index (κ2) is 3.97. The second-order valence-corrected chi connectivity index (χ2v) is 5.80. The van der Waals surface area contributed by atoms with Gasteiger partial charge in [0, 0.05) is 19.2 Å². The number of amidine groups is 1. The lowest BCUT2D eigenvalue weighted by atomic mass is 9.88. The van der Waals surface area contributed by atoms with E-state index in [2.05, 4.69) is 9.98 Å². The van der Waals surface area contributed by atoms with Crippen LogP contribution >= 0.6 is 11.3 Å². The molecular formula is C14H11N3O2S. The first-order valence-corrected chi connectivity index (χ1v) is 7.19. The Hall–Kier alpha value is -2.05. The van der Waals surface area contributed by atoms with Gasteiger partial charge in [0.2, 0.25) is 5.78 Å². The largest absolute Gasteiger partial charge is 0.374 e. The lowest BCUT2D eigenvalue weighted by Crippen LogP contribution is -2.48. The highest BCUT2D eigenvalue weighted by atomic mass is 32.1. The first kappa shape index (κ1) is 11.7. The van der Waals surface area contributed by atoms with E-state index in [-0.39, 0.29) is 5.78 Å². The standard InChI is InChI=1S/C14H11N3O2S/c18-12-9-3-5-15-8-10(9)16-13-14(12,19)4-6-17(13)11-2-1-7-20-11/h1-3,5,7-8,19H,4,6H2. The Bertz CT molecular complexity index is 726. The van der Waals surface area contributed by atoms with E-state index in [4.69, 9.17) is 0 Å². The number of carbonyl (C=O) groups is 1. The van der Waals surface area contributed by atoms with Crippen molar-refractivity contribution in [1.82, 2.24) is 4.98 Å². The third kappa shape index (κ3) is 1.43. The fraction of sp³-hybridized carbons (Fsp3) is 0.214. The van der Waals surface area contributed by atoms with Crippen LogP contribution in [0.2, 0.25) is 0 Å². The van der Waals surface area contributed by atoms with Gasteiger partial charge in [-0.1, -0.05) is 0 Å². The molecule has 5 nitrogen and oxygen atoms in total. The quantitative estimate of drug-likeness (QED) is 0.870. The number of hydrogen-bond donors (Lipinski definition) is 1. The van der Waals surface area contributed by atoms with Crippen molar-refractivity contribution in [3.05, 3.63) is 41.5 Å². The lowest BCUT2D eigenvalue weighted by Gasteiger charge is -2.28. The van der Waals surface area contributed by atoms with Gasteiger partial charge in [0.05, 0.1) is 22.4 Å². The number of aliphatic imine (C=N–C) groups is 1. The molecule has 1 atom stereocenters. The van der Waals surface area contributed by atoms with Crippen molar-refractivity contribution >= 4 is 33.6 Å². The summed E-state index contributed by atoms with van der Waals surface area (Å²) in [6, 6.07) is 5.52. The summed E-state index contributed by atoms with van der Waals surface area (Å²) in [5.41, 5.74) is -0.530. The molecule has 4 rings (SSSR count). The van der Waals surface area contributed by atoms with E-state index < -0.39 is 5.60 Å². The molecule has 0 bridgehead atoms. The monoisotopic (exact) mass is 285 g/mol. The molecule has 0 aromatic carbocycles. The van der Waals surface area contributed by atoms with Gasteiger partial charge in [-0.3, -0.25) is 9.78 Å². The molecule has 2 aliphatic heterocycles. The number of aromatic nitrogens is 1. The fourth-order valence-corrected chi connectivity index (χ4v) is 3.48. The molecule has 4 heterocycles. The topological polar surface area (TPSA) is 65.8 Å². The molecule has 20 heavy (non-hydrogen) atoms. The highest BCUT2D eigenvalue weighted by Gasteiger charge is 2.52. The normalized spacial score (nSPS) is 24.4. The average Bonchev–Trinajstić information content (AvgIpc) is 3.08. The van der Waals surface area contributed by atoms with Gasteiger partial charge in [0.1, 0.15) is 0 Å². The number of aliphatic hydroxyl groups is 1. The molecule has 6 heteroatoms. The molecule has 2 aromatic heterocycles. The number of pyridine rings is 1. The van der Waals surface area contributed by atoms with Crippen LogP contribution in [0.15, 0.2) is 41.0 Å². The molecule has 1 unspecified atom stereocenters. The maximum atomic E-state index is 12.6. The lowest BCUT2D eigenvalue weighted by molar-refractivity contribution is 0.0602. The maximum absolute atomic E-state index is 12.6. The number of carbonyl (C=O) groups excluding carboxylic acids is 1. The van der Waals surface area contributed by atoms with E-state index in [0.717, 1.165) is 5.00 Å². The van der Waals surface area contributed by atoms with Crippen molar-refractivity contribution in [2.45, 2.75) is 12.0 Å². The van der Waals surface area contributed by atoms with Gasteiger partial charge in [0.15, 0.2) is 11.4 Å². The van der Waals surface area contributed by atoms with Crippen LogP contribution in [0.5, 0.6) is 0 Å². The first-order valence-electron chi connectivity index (χ1n) is 6.31. The number of ketones is 1. The summed E-state index contributed by atoms with van der Waals surface area (Å²) in [5.74, 6) is 0.143. The molecular weight excluding hydrogens is 274 g/mol. The van der Waals surface area contributed by atoms with E-state index in [1.165, 1.54) is 0 Å². The number of anilines is 1. The van der Waals surface area contributed by atoms with Crippen LogP contribution in [0.25, 0.3) is 0 Å². The summed E-state index contributed by atoms with van der Waals surface area (Å²) in [7, 11) is 0. The van der Waals surface area contributed by atoms with Crippen molar-refractivity contribution < 1.29 is 9.90 Å². The fourth-order valence-electron chi connectivity index (χ4n) is 2.72. The van der Waals surface area contributed by atoms with E-state index in [9.17, 15) is 9.90 Å². The molecule has 2 aromatic rings. The zero-order valence-corrected chi connectivity index (χ0v) is 11.3. The number of rotatable bonds is 1. The van der Waals surface area contributed by atoms with Gasteiger partial charge in [-0.05, 0) is 23.6 Å². The Morgan fingerprint density at radius 2 is 2.30 bits per heavy atom. The summed E-state index contributed by atoms with van der Waals surface area (Å²) < 4.78 is 0. The Labute approximate surface area is 119 Å². The second-order valence-electron chi connectivity index (χ2n) is 4.87. The predicted octanol–water partition coefficient (Wildman–Crippen LogP) is 2.01. The van der Waals surface area contributed by atoms with Gasteiger partial charge in [-0.15, -0.1) is 11.3 Å². The van der Waals surface area contributed by atoms with Gasteiger partial charge < -0.3 is 10.0 Å². The first-order chi connectivity index (χ1) is 9.70. The summed E-state index contributed by atoms with van der Waals surface area (Å²) in [4.78, 5) is 23.0. The summed E-state index contributed by atoms with van der Waals surface area (Å²) in [6.07, 6.45) is 3.47. The van der Waals surface area contributed by atoms with E-state index in [1.54, 1.807) is 29.8 Å². The highest BCUT2D eigenvalue weighted by molar-refractivity contribution is 7.14. The number of Topliss-reactive ketones (excluding diaryl/α,β-unsaturated/α-hetero) is 1. The molecule has 0 radical (unpaired) electrons. The average molecular weight is 285 g/mol. The van der Waals surface area contributed by atoms with Crippen molar-refractivity contribution in [2.75, 3.05) is 11.4 Å². The number of fused-ring (bicyclic) bond motifs is 2. The molecule has 1 N–H and O–H groups in total. The van der Waals surface area contributed by atoms with E-state index in [1.807, 2.05) is 22.4 Å².